The van der Waals surface area contributed by atoms with Crippen LogP contribution in [0.1, 0.15) is 31.9 Å². The zero-order chi connectivity index (χ0) is 15.5. The number of hydrogen-bond donors (Lipinski definition) is 1. The first-order chi connectivity index (χ1) is 9.91. The van der Waals surface area contributed by atoms with E-state index in [1.807, 2.05) is 36.4 Å². The molecular weight excluding hydrogens is 282 g/mol. The zero-order valence-corrected chi connectivity index (χ0v) is 13.6. The second kappa shape index (κ2) is 6.50. The first-order valence-electron chi connectivity index (χ1n) is 7.17. The van der Waals surface area contributed by atoms with Crippen LogP contribution in [0.2, 0.25) is 5.02 Å². The summed E-state index contributed by atoms with van der Waals surface area (Å²) in [5.74, 6) is 1.62. The lowest BCUT2D eigenvalue weighted by Gasteiger charge is -2.22. The first kappa shape index (κ1) is 15.9. The predicted molar refractivity (Wildman–Crippen MR) is 89.4 cm³/mol. The van der Waals surface area contributed by atoms with Gasteiger partial charge in [0.25, 0.3) is 0 Å². The zero-order valence-electron chi connectivity index (χ0n) is 12.8. The Morgan fingerprint density at radius 3 is 2.43 bits per heavy atom. The van der Waals surface area contributed by atoms with Crippen LogP contribution in [-0.4, -0.2) is 6.54 Å². The van der Waals surface area contributed by atoms with Crippen LogP contribution in [-0.2, 0) is 11.8 Å². The highest BCUT2D eigenvalue weighted by Crippen LogP contribution is 2.35. The summed E-state index contributed by atoms with van der Waals surface area (Å²) in [4.78, 5) is 0. The van der Waals surface area contributed by atoms with Gasteiger partial charge in [-0.2, -0.15) is 0 Å². The maximum absolute atomic E-state index is 6.27. The highest BCUT2D eigenvalue weighted by Gasteiger charge is 2.18. The van der Waals surface area contributed by atoms with E-state index in [0.29, 0.717) is 11.6 Å². The Morgan fingerprint density at radius 1 is 1.10 bits per heavy atom. The molecule has 0 aliphatic carbocycles. The minimum Gasteiger partial charge on any atom is -0.457 e. The van der Waals surface area contributed by atoms with Crippen LogP contribution >= 0.6 is 11.6 Å². The molecule has 0 heterocycles. The van der Waals surface area contributed by atoms with Crippen LogP contribution in [0.25, 0.3) is 0 Å². The summed E-state index contributed by atoms with van der Waals surface area (Å²) in [5.41, 5.74) is 7.82. The van der Waals surface area contributed by atoms with Gasteiger partial charge in [0.2, 0.25) is 0 Å². The third-order valence-electron chi connectivity index (χ3n) is 3.36. The number of benzene rings is 2. The van der Waals surface area contributed by atoms with Crippen LogP contribution in [0.4, 0.5) is 0 Å². The van der Waals surface area contributed by atoms with Gasteiger partial charge in [-0.3, -0.25) is 0 Å². The molecule has 0 amide bonds. The standard InChI is InChI=1S/C18H22ClNO/c1-18(2,3)15-6-4-5-7-17(15)21-14-9-8-13(10-11-20)16(19)12-14/h4-9,12H,10-11,20H2,1-3H3. The topological polar surface area (TPSA) is 35.2 Å². The fourth-order valence-electron chi connectivity index (χ4n) is 2.25. The molecule has 0 aliphatic rings. The smallest absolute Gasteiger partial charge is 0.131 e. The summed E-state index contributed by atoms with van der Waals surface area (Å²) in [6, 6.07) is 13.9. The molecule has 0 fully saturated rings. The van der Waals surface area contributed by atoms with Crippen LogP contribution in [0.15, 0.2) is 42.5 Å². The lowest BCUT2D eigenvalue weighted by atomic mass is 9.86. The third kappa shape index (κ3) is 3.99. The van der Waals surface area contributed by atoms with Gasteiger partial charge in [0.1, 0.15) is 11.5 Å². The van der Waals surface area contributed by atoms with E-state index in [2.05, 4.69) is 26.8 Å². The molecule has 2 rings (SSSR count). The van der Waals surface area contributed by atoms with Crippen molar-refractivity contribution in [1.82, 2.24) is 0 Å². The minimum absolute atomic E-state index is 0.0277. The summed E-state index contributed by atoms with van der Waals surface area (Å²) >= 11 is 6.27. The molecule has 0 bridgehead atoms. The van der Waals surface area contributed by atoms with Gasteiger partial charge < -0.3 is 10.5 Å². The summed E-state index contributed by atoms with van der Waals surface area (Å²) in [7, 11) is 0. The molecule has 0 saturated carbocycles. The van der Waals surface area contributed by atoms with Crippen LogP contribution < -0.4 is 10.5 Å². The quantitative estimate of drug-likeness (QED) is 0.869. The summed E-state index contributed by atoms with van der Waals surface area (Å²) < 4.78 is 6.03. The van der Waals surface area contributed by atoms with E-state index in [1.165, 1.54) is 5.56 Å². The van der Waals surface area contributed by atoms with Crippen molar-refractivity contribution in [2.24, 2.45) is 5.73 Å². The number of ether oxygens (including phenoxy) is 1. The van der Waals surface area contributed by atoms with Gasteiger partial charge in [0, 0.05) is 10.6 Å². The Bertz CT molecular complexity index is 617. The molecule has 0 saturated heterocycles. The van der Waals surface area contributed by atoms with Crippen molar-refractivity contribution < 1.29 is 4.74 Å². The molecule has 2 aromatic carbocycles. The Morgan fingerprint density at radius 2 is 1.81 bits per heavy atom. The summed E-state index contributed by atoms with van der Waals surface area (Å²) in [6.07, 6.45) is 0.775. The maximum atomic E-state index is 6.27. The molecule has 0 unspecified atom stereocenters. The fraction of sp³-hybridized carbons (Fsp3) is 0.333. The second-order valence-corrected chi connectivity index (χ2v) is 6.55. The summed E-state index contributed by atoms with van der Waals surface area (Å²) in [5, 5.41) is 0.700. The van der Waals surface area contributed by atoms with E-state index in [4.69, 9.17) is 22.1 Å². The van der Waals surface area contributed by atoms with Crippen LogP contribution in [0.5, 0.6) is 11.5 Å². The highest BCUT2D eigenvalue weighted by atomic mass is 35.5. The molecule has 0 aliphatic heterocycles. The van der Waals surface area contributed by atoms with Crippen molar-refractivity contribution in [3.63, 3.8) is 0 Å². The number of para-hydroxylation sites is 1. The van der Waals surface area contributed by atoms with Gasteiger partial charge in [-0.15, -0.1) is 0 Å². The SMILES string of the molecule is CC(C)(C)c1ccccc1Oc1ccc(CCN)c(Cl)c1. The molecule has 21 heavy (non-hydrogen) atoms. The number of rotatable bonds is 4. The molecule has 2 aromatic rings. The Labute approximate surface area is 131 Å². The van der Waals surface area contributed by atoms with Gasteiger partial charge in [0.05, 0.1) is 0 Å². The molecule has 2 nitrogen and oxygen atoms in total. The first-order valence-corrected chi connectivity index (χ1v) is 7.55. The third-order valence-corrected chi connectivity index (χ3v) is 3.71. The molecule has 0 aromatic heterocycles. The van der Waals surface area contributed by atoms with Crippen molar-refractivity contribution in [2.45, 2.75) is 32.6 Å². The normalized spacial score (nSPS) is 11.5. The van der Waals surface area contributed by atoms with Gasteiger partial charge in [0.15, 0.2) is 0 Å². The average molecular weight is 304 g/mol. The Balaban J connectivity index is 2.29. The minimum atomic E-state index is 0.0277. The van der Waals surface area contributed by atoms with Crippen molar-refractivity contribution in [3.05, 3.63) is 58.6 Å². The fourth-order valence-corrected chi connectivity index (χ4v) is 2.52. The second-order valence-electron chi connectivity index (χ2n) is 6.14. The van der Waals surface area contributed by atoms with Gasteiger partial charge in [-0.1, -0.05) is 56.6 Å². The monoisotopic (exact) mass is 303 g/mol. The van der Waals surface area contributed by atoms with Crippen LogP contribution in [0, 0.1) is 0 Å². The van der Waals surface area contributed by atoms with Crippen molar-refractivity contribution in [2.75, 3.05) is 6.54 Å². The maximum Gasteiger partial charge on any atom is 0.131 e. The number of halogens is 1. The lowest BCUT2D eigenvalue weighted by molar-refractivity contribution is 0.455. The molecular formula is C18H22ClNO. The van der Waals surface area contributed by atoms with Crippen molar-refractivity contribution in [3.8, 4) is 11.5 Å². The predicted octanol–water partition coefficient (Wildman–Crippen LogP) is 4.93. The van der Waals surface area contributed by atoms with E-state index >= 15 is 0 Å². The molecule has 3 heteroatoms. The van der Waals surface area contributed by atoms with E-state index in [1.54, 1.807) is 0 Å². The van der Waals surface area contributed by atoms with E-state index in [0.717, 1.165) is 23.5 Å². The van der Waals surface area contributed by atoms with Gasteiger partial charge >= 0.3 is 0 Å². The van der Waals surface area contributed by atoms with Gasteiger partial charge in [-0.05, 0) is 42.1 Å². The lowest BCUT2D eigenvalue weighted by Crippen LogP contribution is -2.12. The average Bonchev–Trinajstić information content (AvgIpc) is 2.41. The molecule has 0 atom stereocenters. The van der Waals surface area contributed by atoms with E-state index in [9.17, 15) is 0 Å². The number of nitrogens with two attached hydrogens (primary N) is 1. The highest BCUT2D eigenvalue weighted by molar-refractivity contribution is 6.31. The summed E-state index contributed by atoms with van der Waals surface area (Å²) in [6.45, 7) is 7.11. The van der Waals surface area contributed by atoms with E-state index in [-0.39, 0.29) is 5.41 Å². The molecule has 0 radical (unpaired) electrons. The molecule has 2 N–H and O–H groups in total. The largest absolute Gasteiger partial charge is 0.457 e. The molecule has 112 valence electrons. The van der Waals surface area contributed by atoms with Crippen molar-refractivity contribution >= 4 is 11.6 Å². The Hall–Kier alpha value is -1.51. The Kier molecular flexibility index (Phi) is 4.92. The van der Waals surface area contributed by atoms with E-state index < -0.39 is 0 Å². The number of hydrogen-bond acceptors (Lipinski definition) is 2. The van der Waals surface area contributed by atoms with Gasteiger partial charge in [-0.25, -0.2) is 0 Å². The van der Waals surface area contributed by atoms with Crippen molar-refractivity contribution in [1.29, 1.82) is 0 Å². The van der Waals surface area contributed by atoms with Crippen LogP contribution in [0.3, 0.4) is 0 Å². The molecule has 0 spiro atoms.